The Bertz CT molecular complexity index is 358. The van der Waals surface area contributed by atoms with Crippen molar-refractivity contribution in [1.82, 2.24) is 0 Å². The molecule has 4 nitrogen and oxygen atoms in total. The summed E-state index contributed by atoms with van der Waals surface area (Å²) in [5.74, 6) is -0.312. The van der Waals surface area contributed by atoms with Gasteiger partial charge in [-0.2, -0.15) is 0 Å². The molecule has 1 rings (SSSR count). The standard InChI is InChI=1S/C13H19BO4/c1-4-16-13(15)11-7-9-12(10-8-11)14(17-5-2)18-6-3/h7-10H,4-6H2,1-3H3. The number of rotatable bonds is 7. The topological polar surface area (TPSA) is 44.8 Å². The van der Waals surface area contributed by atoms with E-state index in [0.29, 0.717) is 25.4 Å². The highest BCUT2D eigenvalue weighted by Gasteiger charge is 2.20. The summed E-state index contributed by atoms with van der Waals surface area (Å²) in [6.45, 7) is 7.14. The van der Waals surface area contributed by atoms with Gasteiger partial charge in [0.1, 0.15) is 0 Å². The van der Waals surface area contributed by atoms with Crippen molar-refractivity contribution in [3.05, 3.63) is 29.8 Å². The van der Waals surface area contributed by atoms with Crippen molar-refractivity contribution >= 4 is 18.6 Å². The van der Waals surface area contributed by atoms with Crippen LogP contribution in [0.3, 0.4) is 0 Å². The molecule has 0 aromatic heterocycles. The third-order valence-electron chi connectivity index (χ3n) is 2.33. The maximum Gasteiger partial charge on any atom is 0.493 e. The van der Waals surface area contributed by atoms with E-state index in [-0.39, 0.29) is 13.1 Å². The quantitative estimate of drug-likeness (QED) is 0.545. The summed E-state index contributed by atoms with van der Waals surface area (Å²) in [6.07, 6.45) is 0. The van der Waals surface area contributed by atoms with Crippen LogP contribution in [0.2, 0.25) is 0 Å². The predicted octanol–water partition coefficient (Wildman–Crippen LogP) is 1.63. The van der Waals surface area contributed by atoms with Crippen molar-refractivity contribution in [1.29, 1.82) is 0 Å². The molecule has 0 atom stereocenters. The summed E-state index contributed by atoms with van der Waals surface area (Å²) < 4.78 is 15.9. The predicted molar refractivity (Wildman–Crippen MR) is 71.0 cm³/mol. The van der Waals surface area contributed by atoms with Crippen LogP contribution in [0.25, 0.3) is 0 Å². The van der Waals surface area contributed by atoms with Crippen LogP contribution in [0.15, 0.2) is 24.3 Å². The number of hydrogen-bond donors (Lipinski definition) is 0. The highest BCUT2D eigenvalue weighted by Crippen LogP contribution is 2.02. The van der Waals surface area contributed by atoms with Gasteiger partial charge in [-0.3, -0.25) is 0 Å². The lowest BCUT2D eigenvalue weighted by molar-refractivity contribution is 0.0526. The van der Waals surface area contributed by atoms with Crippen LogP contribution in [-0.2, 0) is 14.0 Å². The zero-order chi connectivity index (χ0) is 13.4. The van der Waals surface area contributed by atoms with Crippen LogP contribution in [0.5, 0.6) is 0 Å². The Hall–Kier alpha value is -1.33. The largest absolute Gasteiger partial charge is 0.493 e. The van der Waals surface area contributed by atoms with Gasteiger partial charge in [0.25, 0.3) is 0 Å². The van der Waals surface area contributed by atoms with Crippen molar-refractivity contribution in [2.45, 2.75) is 20.8 Å². The van der Waals surface area contributed by atoms with E-state index < -0.39 is 0 Å². The molecule has 0 aliphatic heterocycles. The van der Waals surface area contributed by atoms with Gasteiger partial charge in [-0.25, -0.2) is 4.79 Å². The van der Waals surface area contributed by atoms with Crippen molar-refractivity contribution in [3.63, 3.8) is 0 Å². The van der Waals surface area contributed by atoms with Gasteiger partial charge in [0.15, 0.2) is 0 Å². The summed E-state index contributed by atoms with van der Waals surface area (Å²) >= 11 is 0. The average Bonchev–Trinajstić information content (AvgIpc) is 2.39. The van der Waals surface area contributed by atoms with Gasteiger partial charge in [-0.15, -0.1) is 0 Å². The third kappa shape index (κ3) is 4.16. The molecule has 0 fully saturated rings. The SMILES string of the molecule is CCOB(OCC)c1ccc(C(=O)OCC)cc1. The Kier molecular flexibility index (Phi) is 6.46. The Morgan fingerprint density at radius 3 is 2.00 bits per heavy atom. The zero-order valence-electron chi connectivity index (χ0n) is 11.1. The fraction of sp³-hybridized carbons (Fsp3) is 0.462. The maximum absolute atomic E-state index is 11.5. The number of ether oxygens (including phenoxy) is 1. The first kappa shape index (κ1) is 14.7. The van der Waals surface area contributed by atoms with E-state index in [1.54, 1.807) is 19.1 Å². The van der Waals surface area contributed by atoms with Gasteiger partial charge in [-0.1, -0.05) is 12.1 Å². The molecule has 0 aliphatic carbocycles. The van der Waals surface area contributed by atoms with E-state index in [0.717, 1.165) is 5.46 Å². The highest BCUT2D eigenvalue weighted by atomic mass is 16.6. The molecule has 0 radical (unpaired) electrons. The van der Waals surface area contributed by atoms with Crippen LogP contribution in [0.1, 0.15) is 31.1 Å². The highest BCUT2D eigenvalue weighted by molar-refractivity contribution is 6.61. The van der Waals surface area contributed by atoms with Gasteiger partial charge in [0.05, 0.1) is 12.2 Å². The number of carbonyl (C=O) groups excluding carboxylic acids is 1. The van der Waals surface area contributed by atoms with Gasteiger partial charge < -0.3 is 14.0 Å². The Labute approximate surface area is 108 Å². The second-order valence-corrected chi connectivity index (χ2v) is 3.59. The molecule has 0 bridgehead atoms. The maximum atomic E-state index is 11.5. The molecule has 0 heterocycles. The Morgan fingerprint density at radius 1 is 1.00 bits per heavy atom. The molecule has 0 saturated carbocycles. The van der Waals surface area contributed by atoms with E-state index in [1.807, 2.05) is 26.0 Å². The van der Waals surface area contributed by atoms with Gasteiger partial charge >= 0.3 is 13.1 Å². The molecule has 98 valence electrons. The summed E-state index contributed by atoms with van der Waals surface area (Å²) in [5, 5.41) is 0. The zero-order valence-corrected chi connectivity index (χ0v) is 11.1. The van der Waals surface area contributed by atoms with Crippen molar-refractivity contribution < 1.29 is 18.8 Å². The number of carbonyl (C=O) groups is 1. The van der Waals surface area contributed by atoms with Crippen LogP contribution in [0.4, 0.5) is 0 Å². The van der Waals surface area contributed by atoms with Crippen LogP contribution >= 0.6 is 0 Å². The van der Waals surface area contributed by atoms with E-state index in [9.17, 15) is 4.79 Å². The number of hydrogen-bond acceptors (Lipinski definition) is 4. The van der Waals surface area contributed by atoms with Crippen LogP contribution in [0, 0.1) is 0 Å². The smallest absolute Gasteiger partial charge is 0.462 e. The molecule has 18 heavy (non-hydrogen) atoms. The molecular weight excluding hydrogens is 231 g/mol. The molecule has 0 amide bonds. The minimum atomic E-state index is -0.378. The second-order valence-electron chi connectivity index (χ2n) is 3.59. The lowest BCUT2D eigenvalue weighted by Crippen LogP contribution is -2.37. The van der Waals surface area contributed by atoms with Crippen molar-refractivity contribution in [2.24, 2.45) is 0 Å². The molecule has 0 aliphatic rings. The Balaban J connectivity index is 2.76. The molecule has 1 aromatic carbocycles. The lowest BCUT2D eigenvalue weighted by atomic mass is 9.78. The third-order valence-corrected chi connectivity index (χ3v) is 2.33. The van der Waals surface area contributed by atoms with E-state index in [1.165, 1.54) is 0 Å². The second kappa shape index (κ2) is 7.90. The fourth-order valence-corrected chi connectivity index (χ4v) is 1.53. The number of benzene rings is 1. The lowest BCUT2D eigenvalue weighted by Gasteiger charge is -2.12. The van der Waals surface area contributed by atoms with E-state index in [2.05, 4.69) is 0 Å². The first-order valence-corrected chi connectivity index (χ1v) is 6.23. The molecule has 0 N–H and O–H groups in total. The van der Waals surface area contributed by atoms with Gasteiger partial charge in [0.2, 0.25) is 0 Å². The first-order chi connectivity index (χ1) is 8.72. The molecule has 0 unspecified atom stereocenters. The first-order valence-electron chi connectivity index (χ1n) is 6.23. The minimum absolute atomic E-state index is 0.312. The van der Waals surface area contributed by atoms with Gasteiger partial charge in [-0.05, 0) is 38.4 Å². The normalized spacial score (nSPS) is 10.2. The molecular formula is C13H19BO4. The van der Waals surface area contributed by atoms with Crippen LogP contribution < -0.4 is 5.46 Å². The van der Waals surface area contributed by atoms with Crippen molar-refractivity contribution in [3.8, 4) is 0 Å². The Morgan fingerprint density at radius 2 is 1.56 bits per heavy atom. The van der Waals surface area contributed by atoms with E-state index >= 15 is 0 Å². The summed E-state index contributed by atoms with van der Waals surface area (Å²) in [6, 6.07) is 7.08. The average molecular weight is 250 g/mol. The number of esters is 1. The molecule has 0 spiro atoms. The van der Waals surface area contributed by atoms with Crippen LogP contribution in [-0.4, -0.2) is 32.9 Å². The molecule has 0 saturated heterocycles. The summed E-state index contributed by atoms with van der Waals surface area (Å²) in [7, 11) is -0.378. The minimum Gasteiger partial charge on any atom is -0.462 e. The molecule has 1 aromatic rings. The monoisotopic (exact) mass is 250 g/mol. The van der Waals surface area contributed by atoms with Gasteiger partial charge in [0, 0.05) is 13.2 Å². The fourth-order valence-electron chi connectivity index (χ4n) is 1.53. The van der Waals surface area contributed by atoms with E-state index in [4.69, 9.17) is 14.0 Å². The summed E-state index contributed by atoms with van der Waals surface area (Å²) in [5.41, 5.74) is 1.43. The summed E-state index contributed by atoms with van der Waals surface area (Å²) in [4.78, 5) is 11.5. The van der Waals surface area contributed by atoms with Crippen molar-refractivity contribution in [2.75, 3.05) is 19.8 Å². The molecule has 5 heteroatoms.